The smallest absolute Gasteiger partial charge is 0.00143 e. The van der Waals surface area contributed by atoms with Crippen molar-refractivity contribution in [3.8, 4) is 0 Å². The second kappa shape index (κ2) is 3.93. The van der Waals surface area contributed by atoms with Crippen LogP contribution < -0.4 is 5.32 Å². The minimum atomic E-state index is 0.831. The molecule has 0 saturated heterocycles. The highest BCUT2D eigenvalue weighted by Crippen LogP contribution is 2.25. The van der Waals surface area contributed by atoms with Gasteiger partial charge >= 0.3 is 0 Å². The zero-order valence-corrected chi connectivity index (χ0v) is 8.22. The minimum absolute atomic E-state index is 0.831. The Bertz CT molecular complexity index is 255. The molecular formula is C12H17N. The Balaban J connectivity index is 1.97. The second-order valence-corrected chi connectivity index (χ2v) is 3.85. The van der Waals surface area contributed by atoms with E-state index in [1.807, 2.05) is 0 Å². The minimum Gasteiger partial charge on any atom is -0.317 e. The van der Waals surface area contributed by atoms with E-state index < -0.39 is 0 Å². The molecule has 1 aromatic carbocycles. The van der Waals surface area contributed by atoms with E-state index in [-0.39, 0.29) is 0 Å². The number of rotatable bonds is 3. The maximum Gasteiger partial charge on any atom is -0.00143 e. The van der Waals surface area contributed by atoms with Crippen LogP contribution in [0.1, 0.15) is 18.1 Å². The van der Waals surface area contributed by atoms with Crippen molar-refractivity contribution >= 4 is 0 Å². The van der Waals surface area contributed by atoms with Gasteiger partial charge in [0, 0.05) is 0 Å². The van der Waals surface area contributed by atoms with Crippen molar-refractivity contribution < 1.29 is 0 Å². The van der Waals surface area contributed by atoms with Gasteiger partial charge in [0.15, 0.2) is 0 Å². The van der Waals surface area contributed by atoms with Crippen molar-refractivity contribution in [2.45, 2.75) is 19.8 Å². The fourth-order valence-electron chi connectivity index (χ4n) is 2.14. The number of benzene rings is 1. The first kappa shape index (κ1) is 8.76. The summed E-state index contributed by atoms with van der Waals surface area (Å²) in [7, 11) is 0. The summed E-state index contributed by atoms with van der Waals surface area (Å²) in [5.74, 6) is 0.831. The summed E-state index contributed by atoms with van der Waals surface area (Å²) in [5.41, 5.74) is 3.12. The van der Waals surface area contributed by atoms with Gasteiger partial charge in [-0.05, 0) is 43.0 Å². The van der Waals surface area contributed by atoms with E-state index in [0.717, 1.165) is 12.5 Å². The lowest BCUT2D eigenvalue weighted by atomic mass is 10.1. The lowest BCUT2D eigenvalue weighted by Crippen LogP contribution is -2.22. The second-order valence-electron chi connectivity index (χ2n) is 3.85. The topological polar surface area (TPSA) is 12.0 Å². The van der Waals surface area contributed by atoms with Crippen LogP contribution in [0.25, 0.3) is 0 Å². The van der Waals surface area contributed by atoms with Crippen LogP contribution in [0.5, 0.6) is 0 Å². The van der Waals surface area contributed by atoms with Crippen molar-refractivity contribution in [2.75, 3.05) is 13.1 Å². The number of hydrogen-bond donors (Lipinski definition) is 1. The van der Waals surface area contributed by atoms with E-state index in [1.54, 1.807) is 11.1 Å². The van der Waals surface area contributed by atoms with Crippen LogP contribution in [-0.2, 0) is 12.8 Å². The summed E-state index contributed by atoms with van der Waals surface area (Å²) in [6.07, 6.45) is 2.53. The van der Waals surface area contributed by atoms with Crippen LogP contribution in [-0.4, -0.2) is 13.1 Å². The molecule has 0 fully saturated rings. The molecule has 1 N–H and O–H groups in total. The molecule has 0 radical (unpaired) electrons. The predicted octanol–water partition coefficient (Wildman–Crippen LogP) is 2.01. The van der Waals surface area contributed by atoms with Crippen LogP contribution >= 0.6 is 0 Å². The Kier molecular flexibility index (Phi) is 2.65. The SMILES string of the molecule is CCNCC1Cc2ccccc2C1. The maximum absolute atomic E-state index is 3.43. The molecule has 0 aliphatic heterocycles. The van der Waals surface area contributed by atoms with Gasteiger partial charge in [-0.25, -0.2) is 0 Å². The molecule has 13 heavy (non-hydrogen) atoms. The van der Waals surface area contributed by atoms with Gasteiger partial charge in [0.05, 0.1) is 0 Å². The average Bonchev–Trinajstić information content (AvgIpc) is 2.57. The molecule has 1 aliphatic carbocycles. The van der Waals surface area contributed by atoms with Gasteiger partial charge in [-0.15, -0.1) is 0 Å². The molecule has 1 aromatic rings. The van der Waals surface area contributed by atoms with Crippen LogP contribution in [0, 0.1) is 5.92 Å². The Morgan fingerprint density at radius 3 is 2.38 bits per heavy atom. The Labute approximate surface area is 80.2 Å². The monoisotopic (exact) mass is 175 g/mol. The van der Waals surface area contributed by atoms with E-state index in [1.165, 1.54) is 19.4 Å². The molecule has 0 atom stereocenters. The Hall–Kier alpha value is -0.820. The van der Waals surface area contributed by atoms with Gasteiger partial charge in [-0.2, -0.15) is 0 Å². The first-order valence-corrected chi connectivity index (χ1v) is 5.17. The zero-order chi connectivity index (χ0) is 9.10. The quantitative estimate of drug-likeness (QED) is 0.741. The molecule has 0 bridgehead atoms. The van der Waals surface area contributed by atoms with Crippen LogP contribution in [0.15, 0.2) is 24.3 Å². The molecule has 1 heteroatoms. The summed E-state index contributed by atoms with van der Waals surface area (Å²) < 4.78 is 0. The zero-order valence-electron chi connectivity index (χ0n) is 8.22. The van der Waals surface area contributed by atoms with Gasteiger partial charge in [-0.3, -0.25) is 0 Å². The predicted molar refractivity (Wildman–Crippen MR) is 55.9 cm³/mol. The highest BCUT2D eigenvalue weighted by molar-refractivity contribution is 5.32. The van der Waals surface area contributed by atoms with Crippen molar-refractivity contribution in [1.29, 1.82) is 0 Å². The van der Waals surface area contributed by atoms with Gasteiger partial charge in [0.25, 0.3) is 0 Å². The molecule has 0 amide bonds. The fourth-order valence-corrected chi connectivity index (χ4v) is 2.14. The summed E-state index contributed by atoms with van der Waals surface area (Å²) >= 11 is 0. The summed E-state index contributed by atoms with van der Waals surface area (Å²) in [4.78, 5) is 0. The lowest BCUT2D eigenvalue weighted by Gasteiger charge is -2.08. The highest BCUT2D eigenvalue weighted by Gasteiger charge is 2.19. The van der Waals surface area contributed by atoms with Crippen molar-refractivity contribution in [3.63, 3.8) is 0 Å². The lowest BCUT2D eigenvalue weighted by molar-refractivity contribution is 0.508. The van der Waals surface area contributed by atoms with Gasteiger partial charge in [0.1, 0.15) is 0 Å². The van der Waals surface area contributed by atoms with E-state index >= 15 is 0 Å². The Morgan fingerprint density at radius 2 is 1.85 bits per heavy atom. The first-order chi connectivity index (χ1) is 6.40. The molecule has 0 heterocycles. The van der Waals surface area contributed by atoms with E-state index in [9.17, 15) is 0 Å². The number of fused-ring (bicyclic) bond motifs is 1. The average molecular weight is 175 g/mol. The summed E-state index contributed by atoms with van der Waals surface area (Å²) in [5, 5.41) is 3.43. The van der Waals surface area contributed by atoms with Crippen molar-refractivity contribution in [3.05, 3.63) is 35.4 Å². The molecule has 1 nitrogen and oxygen atoms in total. The normalized spacial score (nSPS) is 16.1. The molecule has 0 saturated carbocycles. The number of nitrogens with one attached hydrogen (secondary N) is 1. The van der Waals surface area contributed by atoms with Gasteiger partial charge in [-0.1, -0.05) is 31.2 Å². The fraction of sp³-hybridized carbons (Fsp3) is 0.500. The largest absolute Gasteiger partial charge is 0.317 e. The van der Waals surface area contributed by atoms with Gasteiger partial charge < -0.3 is 5.32 Å². The van der Waals surface area contributed by atoms with E-state index in [0.29, 0.717) is 0 Å². The van der Waals surface area contributed by atoms with Crippen LogP contribution in [0.2, 0.25) is 0 Å². The highest BCUT2D eigenvalue weighted by atomic mass is 14.8. The standard InChI is InChI=1S/C12H17N/c1-2-13-9-10-7-11-5-3-4-6-12(11)8-10/h3-6,10,13H,2,7-9H2,1H3. The molecule has 2 rings (SSSR count). The van der Waals surface area contributed by atoms with Crippen molar-refractivity contribution in [2.24, 2.45) is 5.92 Å². The third-order valence-corrected chi connectivity index (χ3v) is 2.82. The van der Waals surface area contributed by atoms with Crippen LogP contribution in [0.4, 0.5) is 0 Å². The van der Waals surface area contributed by atoms with Crippen LogP contribution in [0.3, 0.4) is 0 Å². The third-order valence-electron chi connectivity index (χ3n) is 2.82. The summed E-state index contributed by atoms with van der Waals surface area (Å²) in [6.45, 7) is 4.43. The molecule has 0 unspecified atom stereocenters. The molecule has 70 valence electrons. The number of hydrogen-bond acceptors (Lipinski definition) is 1. The van der Waals surface area contributed by atoms with E-state index in [4.69, 9.17) is 0 Å². The van der Waals surface area contributed by atoms with Gasteiger partial charge in [0.2, 0.25) is 0 Å². The maximum atomic E-state index is 3.43. The van der Waals surface area contributed by atoms with Crippen molar-refractivity contribution in [1.82, 2.24) is 5.32 Å². The molecule has 1 aliphatic rings. The Morgan fingerprint density at radius 1 is 1.23 bits per heavy atom. The molecule has 0 spiro atoms. The molecular weight excluding hydrogens is 158 g/mol. The van der Waals surface area contributed by atoms with E-state index in [2.05, 4.69) is 36.5 Å². The third kappa shape index (κ3) is 1.92. The summed E-state index contributed by atoms with van der Waals surface area (Å²) in [6, 6.07) is 8.82. The molecule has 0 aromatic heterocycles. The first-order valence-electron chi connectivity index (χ1n) is 5.17.